The number of hydrogen-bond acceptors (Lipinski definition) is 2. The topological polar surface area (TPSA) is 25.8 Å². The van der Waals surface area contributed by atoms with Crippen LogP contribution < -0.4 is 0 Å². The van der Waals surface area contributed by atoms with Crippen molar-refractivity contribution in [1.82, 2.24) is 9.97 Å². The molecular formula is C29H42N2. The molecule has 1 aromatic heterocycles. The van der Waals surface area contributed by atoms with Gasteiger partial charge < -0.3 is 0 Å². The normalized spacial score (nSPS) is 26.6. The molecule has 2 fully saturated rings. The van der Waals surface area contributed by atoms with E-state index in [2.05, 4.69) is 50.5 Å². The van der Waals surface area contributed by atoms with Crippen LogP contribution in [0.4, 0.5) is 0 Å². The molecule has 0 atom stereocenters. The second-order valence-electron chi connectivity index (χ2n) is 10.3. The fourth-order valence-electron chi connectivity index (χ4n) is 5.97. The van der Waals surface area contributed by atoms with Crippen LogP contribution in [-0.2, 0) is 0 Å². The summed E-state index contributed by atoms with van der Waals surface area (Å²) in [5.41, 5.74) is 4.00. The van der Waals surface area contributed by atoms with E-state index >= 15 is 0 Å². The Hall–Kier alpha value is -1.70. The molecule has 2 nitrogen and oxygen atoms in total. The standard InChI is InChI=1S/C29H42N2/c1-3-5-6-7-23-10-14-24(15-11-23)25-16-18-27(19-17-25)29-30-20-28(21-31-29)26-12-8-22(4-2)9-13-26/h16-24,26H,3-15H2,1-2H3/t22-,23-,24-,26-. The summed E-state index contributed by atoms with van der Waals surface area (Å²) in [6.45, 7) is 4.63. The van der Waals surface area contributed by atoms with Crippen molar-refractivity contribution in [2.75, 3.05) is 0 Å². The zero-order valence-electron chi connectivity index (χ0n) is 19.9. The first-order valence-electron chi connectivity index (χ1n) is 13.2. The largest absolute Gasteiger partial charge is 0.236 e. The third-order valence-corrected chi connectivity index (χ3v) is 8.27. The molecule has 2 aliphatic rings. The van der Waals surface area contributed by atoms with Crippen molar-refractivity contribution in [3.63, 3.8) is 0 Å². The average molecular weight is 419 g/mol. The van der Waals surface area contributed by atoms with E-state index in [0.717, 1.165) is 29.1 Å². The lowest BCUT2D eigenvalue weighted by atomic mass is 9.77. The van der Waals surface area contributed by atoms with E-state index in [1.165, 1.54) is 94.6 Å². The summed E-state index contributed by atoms with van der Waals surface area (Å²) in [6.07, 6.45) is 22.0. The van der Waals surface area contributed by atoms with E-state index in [4.69, 9.17) is 9.97 Å². The van der Waals surface area contributed by atoms with Gasteiger partial charge in [0.05, 0.1) is 0 Å². The Morgan fingerprint density at radius 1 is 0.677 bits per heavy atom. The highest BCUT2D eigenvalue weighted by Gasteiger charge is 2.23. The SMILES string of the molecule is CCCCC[C@H]1CC[C@H](c2ccc(-c3ncc([C@H]4CC[C@H](CC)CC4)cn3)cc2)CC1. The predicted octanol–water partition coefficient (Wildman–Crippen LogP) is 8.68. The van der Waals surface area contributed by atoms with Crippen LogP contribution in [0.3, 0.4) is 0 Å². The minimum atomic E-state index is 0.663. The summed E-state index contributed by atoms with van der Waals surface area (Å²) in [5.74, 6) is 4.20. The molecule has 2 saturated carbocycles. The molecule has 0 saturated heterocycles. The number of nitrogens with zero attached hydrogens (tertiary/aromatic N) is 2. The molecule has 0 spiro atoms. The molecular weight excluding hydrogens is 376 g/mol. The minimum absolute atomic E-state index is 0.663. The molecule has 0 N–H and O–H groups in total. The van der Waals surface area contributed by atoms with Gasteiger partial charge in [-0.15, -0.1) is 0 Å². The van der Waals surface area contributed by atoms with Gasteiger partial charge in [-0.05, 0) is 86.2 Å². The third kappa shape index (κ3) is 5.96. The van der Waals surface area contributed by atoms with Gasteiger partial charge in [0.1, 0.15) is 0 Å². The van der Waals surface area contributed by atoms with Crippen LogP contribution in [0.2, 0.25) is 0 Å². The fourth-order valence-corrected chi connectivity index (χ4v) is 5.97. The minimum Gasteiger partial charge on any atom is -0.236 e. The second-order valence-corrected chi connectivity index (χ2v) is 10.3. The summed E-state index contributed by atoms with van der Waals surface area (Å²) in [6, 6.07) is 9.15. The van der Waals surface area contributed by atoms with Crippen LogP contribution in [0.5, 0.6) is 0 Å². The van der Waals surface area contributed by atoms with Gasteiger partial charge in [-0.2, -0.15) is 0 Å². The molecule has 31 heavy (non-hydrogen) atoms. The molecule has 0 aliphatic heterocycles. The van der Waals surface area contributed by atoms with Crippen molar-refractivity contribution < 1.29 is 0 Å². The molecule has 168 valence electrons. The van der Waals surface area contributed by atoms with Crippen molar-refractivity contribution in [2.24, 2.45) is 11.8 Å². The quantitative estimate of drug-likeness (QED) is 0.401. The Bertz CT molecular complexity index is 763. The highest BCUT2D eigenvalue weighted by atomic mass is 14.9. The van der Waals surface area contributed by atoms with Gasteiger partial charge in [0.15, 0.2) is 5.82 Å². The molecule has 1 aromatic carbocycles. The first-order chi connectivity index (χ1) is 15.3. The maximum atomic E-state index is 4.74. The van der Waals surface area contributed by atoms with E-state index in [9.17, 15) is 0 Å². The highest BCUT2D eigenvalue weighted by Crippen LogP contribution is 2.39. The monoisotopic (exact) mass is 418 g/mol. The van der Waals surface area contributed by atoms with Crippen LogP contribution in [0.15, 0.2) is 36.7 Å². The molecule has 1 heterocycles. The van der Waals surface area contributed by atoms with Gasteiger partial charge in [-0.1, -0.05) is 70.2 Å². The maximum Gasteiger partial charge on any atom is 0.159 e. The zero-order valence-corrected chi connectivity index (χ0v) is 19.9. The van der Waals surface area contributed by atoms with Crippen molar-refractivity contribution in [3.05, 3.63) is 47.8 Å². The van der Waals surface area contributed by atoms with Gasteiger partial charge in [-0.3, -0.25) is 0 Å². The summed E-state index contributed by atoms with van der Waals surface area (Å²) in [4.78, 5) is 9.48. The van der Waals surface area contributed by atoms with Gasteiger partial charge in [-0.25, -0.2) is 9.97 Å². The van der Waals surface area contributed by atoms with Gasteiger partial charge >= 0.3 is 0 Å². The summed E-state index contributed by atoms with van der Waals surface area (Å²) in [5, 5.41) is 0. The third-order valence-electron chi connectivity index (χ3n) is 8.27. The number of rotatable bonds is 8. The second kappa shape index (κ2) is 11.2. The number of benzene rings is 1. The van der Waals surface area contributed by atoms with Gasteiger partial charge in [0.25, 0.3) is 0 Å². The Labute approximate surface area is 190 Å². The summed E-state index contributed by atoms with van der Waals surface area (Å²) >= 11 is 0. The van der Waals surface area contributed by atoms with E-state index in [-0.39, 0.29) is 0 Å². The Morgan fingerprint density at radius 3 is 1.84 bits per heavy atom. The lowest BCUT2D eigenvalue weighted by molar-refractivity contribution is 0.303. The molecule has 4 rings (SSSR count). The fraction of sp³-hybridized carbons (Fsp3) is 0.655. The van der Waals surface area contributed by atoms with Gasteiger partial charge in [0.2, 0.25) is 0 Å². The number of hydrogen-bond donors (Lipinski definition) is 0. The predicted molar refractivity (Wildman–Crippen MR) is 131 cm³/mol. The summed E-state index contributed by atoms with van der Waals surface area (Å²) in [7, 11) is 0. The molecule has 2 aliphatic carbocycles. The van der Waals surface area contributed by atoms with Crippen molar-refractivity contribution in [1.29, 1.82) is 0 Å². The molecule has 2 aromatic rings. The van der Waals surface area contributed by atoms with Gasteiger partial charge in [0, 0.05) is 18.0 Å². The Morgan fingerprint density at radius 2 is 1.26 bits per heavy atom. The Kier molecular flexibility index (Phi) is 8.16. The highest BCUT2D eigenvalue weighted by molar-refractivity contribution is 5.55. The lowest BCUT2D eigenvalue weighted by Crippen LogP contribution is -2.13. The van der Waals surface area contributed by atoms with Crippen molar-refractivity contribution >= 4 is 0 Å². The first-order valence-corrected chi connectivity index (χ1v) is 13.2. The maximum absolute atomic E-state index is 4.74. The Balaban J connectivity index is 1.30. The van der Waals surface area contributed by atoms with E-state index in [1.54, 1.807) is 0 Å². The van der Waals surface area contributed by atoms with Crippen molar-refractivity contribution in [3.8, 4) is 11.4 Å². The molecule has 0 radical (unpaired) electrons. The number of aromatic nitrogens is 2. The van der Waals surface area contributed by atoms with Crippen LogP contribution >= 0.6 is 0 Å². The first kappa shape index (κ1) is 22.5. The van der Waals surface area contributed by atoms with Crippen LogP contribution in [-0.4, -0.2) is 9.97 Å². The van der Waals surface area contributed by atoms with E-state index in [1.807, 2.05) is 0 Å². The van der Waals surface area contributed by atoms with Crippen LogP contribution in [0.25, 0.3) is 11.4 Å². The molecule has 2 heteroatoms. The van der Waals surface area contributed by atoms with Crippen molar-refractivity contribution in [2.45, 2.75) is 109 Å². The van der Waals surface area contributed by atoms with E-state index in [0.29, 0.717) is 5.92 Å². The molecule has 0 bridgehead atoms. The van der Waals surface area contributed by atoms with Crippen LogP contribution in [0.1, 0.15) is 120 Å². The molecule has 0 amide bonds. The molecule has 0 unspecified atom stereocenters. The van der Waals surface area contributed by atoms with Crippen LogP contribution in [0, 0.1) is 11.8 Å². The summed E-state index contributed by atoms with van der Waals surface area (Å²) < 4.78 is 0. The average Bonchev–Trinajstić information content (AvgIpc) is 2.85. The zero-order chi connectivity index (χ0) is 21.5. The van der Waals surface area contributed by atoms with E-state index < -0.39 is 0 Å². The lowest BCUT2D eigenvalue weighted by Gasteiger charge is -2.29. The smallest absolute Gasteiger partial charge is 0.159 e. The number of unbranched alkanes of at least 4 members (excludes halogenated alkanes) is 2.